The number of halogens is 3. The zero-order valence-electron chi connectivity index (χ0n) is 21.0. The molecule has 1 aliphatic heterocycles. The number of aromatic nitrogens is 1. The van der Waals surface area contributed by atoms with E-state index in [4.69, 9.17) is 4.74 Å². The summed E-state index contributed by atoms with van der Waals surface area (Å²) >= 11 is 0. The topological polar surface area (TPSA) is 45.3 Å². The van der Waals surface area contributed by atoms with E-state index in [0.717, 1.165) is 29.4 Å². The van der Waals surface area contributed by atoms with Gasteiger partial charge in [-0.1, -0.05) is 43.9 Å². The van der Waals surface area contributed by atoms with Gasteiger partial charge in [-0.3, -0.25) is 4.79 Å². The molecular formula is C29H33F3N2O2. The number of nitrogens with one attached hydrogen (secondary N) is 1. The number of nitrogens with zero attached hydrogens (tertiary/aromatic N) is 1. The van der Waals surface area contributed by atoms with E-state index in [2.05, 4.69) is 11.6 Å². The van der Waals surface area contributed by atoms with Gasteiger partial charge in [0.2, 0.25) is 0 Å². The summed E-state index contributed by atoms with van der Waals surface area (Å²) in [6, 6.07) is 5.66. The van der Waals surface area contributed by atoms with Crippen LogP contribution >= 0.6 is 0 Å². The van der Waals surface area contributed by atoms with E-state index in [1.165, 1.54) is 12.1 Å². The Balaban J connectivity index is 1.90. The number of rotatable bonds is 9. The van der Waals surface area contributed by atoms with Crippen molar-refractivity contribution in [1.29, 1.82) is 0 Å². The van der Waals surface area contributed by atoms with Crippen molar-refractivity contribution < 1.29 is 22.7 Å². The molecule has 0 atom stereocenters. The number of aromatic amines is 1. The first-order chi connectivity index (χ1) is 17.1. The second kappa shape index (κ2) is 12.1. The second-order valence-corrected chi connectivity index (χ2v) is 8.77. The fourth-order valence-electron chi connectivity index (χ4n) is 4.14. The number of H-pyrrole nitrogens is 1. The fraction of sp³-hybridized carbons (Fsp3) is 0.345. The highest BCUT2D eigenvalue weighted by Gasteiger charge is 2.31. The normalized spacial score (nSPS) is 15.3. The number of carbonyl (C=O) groups is 1. The average molecular weight is 499 g/mol. The predicted octanol–water partition coefficient (Wildman–Crippen LogP) is 7.39. The molecule has 0 amide bonds. The second-order valence-electron chi connectivity index (χ2n) is 8.77. The number of anilines is 1. The highest BCUT2D eigenvalue weighted by Crippen LogP contribution is 2.34. The summed E-state index contributed by atoms with van der Waals surface area (Å²) in [6.45, 7) is 11.9. The zero-order chi connectivity index (χ0) is 26.3. The lowest BCUT2D eigenvalue weighted by molar-refractivity contribution is -0.137. The number of carbonyl (C=O) groups excluding carboxylic acids is 1. The maximum absolute atomic E-state index is 13.4. The Morgan fingerprint density at radius 1 is 1.19 bits per heavy atom. The fourth-order valence-corrected chi connectivity index (χ4v) is 4.14. The van der Waals surface area contributed by atoms with Crippen LogP contribution in [0.2, 0.25) is 0 Å². The molecule has 2 heterocycles. The maximum atomic E-state index is 13.4. The lowest BCUT2D eigenvalue weighted by Gasteiger charge is -2.30. The van der Waals surface area contributed by atoms with Crippen LogP contribution in [0.1, 0.15) is 59.6 Å². The number of benzene rings is 1. The summed E-state index contributed by atoms with van der Waals surface area (Å²) in [5.41, 5.74) is 4.36. The van der Waals surface area contributed by atoms with E-state index in [1.807, 2.05) is 50.0 Å². The number of morpholine rings is 1. The van der Waals surface area contributed by atoms with Crippen molar-refractivity contribution in [2.75, 3.05) is 31.2 Å². The van der Waals surface area contributed by atoms with Crippen LogP contribution < -0.4 is 4.90 Å². The van der Waals surface area contributed by atoms with Gasteiger partial charge < -0.3 is 14.6 Å². The molecule has 4 nitrogen and oxygen atoms in total. The lowest BCUT2D eigenvalue weighted by Crippen LogP contribution is -2.36. The van der Waals surface area contributed by atoms with Crippen LogP contribution in [0.3, 0.4) is 0 Å². The third-order valence-electron chi connectivity index (χ3n) is 5.98. The zero-order valence-corrected chi connectivity index (χ0v) is 21.0. The summed E-state index contributed by atoms with van der Waals surface area (Å²) in [5.74, 6) is 0.106. The Labute approximate surface area is 210 Å². The summed E-state index contributed by atoms with van der Waals surface area (Å²) in [4.78, 5) is 17.6. The molecule has 0 spiro atoms. The molecule has 1 fully saturated rings. The van der Waals surface area contributed by atoms with Crippen LogP contribution in [0.5, 0.6) is 0 Å². The first kappa shape index (κ1) is 27.3. The molecule has 0 aliphatic carbocycles. The molecular weight excluding hydrogens is 465 g/mol. The lowest BCUT2D eigenvalue weighted by atomic mass is 10.0. The molecule has 1 aromatic carbocycles. The number of allylic oxidation sites excluding steroid dienone is 6. The van der Waals surface area contributed by atoms with Gasteiger partial charge in [-0.25, -0.2) is 0 Å². The van der Waals surface area contributed by atoms with Crippen molar-refractivity contribution in [3.8, 4) is 0 Å². The van der Waals surface area contributed by atoms with Gasteiger partial charge in [0.1, 0.15) is 0 Å². The summed E-state index contributed by atoms with van der Waals surface area (Å²) in [7, 11) is 0. The van der Waals surface area contributed by atoms with Gasteiger partial charge >= 0.3 is 6.18 Å². The predicted molar refractivity (Wildman–Crippen MR) is 140 cm³/mol. The largest absolute Gasteiger partial charge is 0.416 e. The van der Waals surface area contributed by atoms with Crippen molar-refractivity contribution >= 4 is 23.1 Å². The van der Waals surface area contributed by atoms with Crippen molar-refractivity contribution in [3.63, 3.8) is 0 Å². The number of ether oxygens (including phenoxy) is 1. The first-order valence-corrected chi connectivity index (χ1v) is 12.1. The van der Waals surface area contributed by atoms with E-state index < -0.39 is 11.7 Å². The SMILES string of the molecule is C=C(/C=C/c1ccc(C(F)(F)F)cc1N1CCOCC1)/C=C(\C=C/C)c1cc(C(=O)CCC)c(C)[nH]1. The summed E-state index contributed by atoms with van der Waals surface area (Å²) in [6.07, 6.45) is 6.15. The standard InChI is InChI=1S/C29H33F3N2O2/c1-5-7-23(26-19-25(21(4)33-26)28(35)8-6-2)17-20(3)9-10-22-11-12-24(29(30,31)32)18-27(22)34-13-15-36-16-14-34/h5,7,9-12,17-19,33H,3,6,8,13-16H2,1-2,4H3/b7-5-,10-9+,23-17+. The van der Waals surface area contributed by atoms with Gasteiger partial charge in [-0.15, -0.1) is 0 Å². The van der Waals surface area contributed by atoms with Crippen LogP contribution in [0.25, 0.3) is 11.6 Å². The first-order valence-electron chi connectivity index (χ1n) is 12.1. The highest BCUT2D eigenvalue weighted by atomic mass is 19.4. The molecule has 0 radical (unpaired) electrons. The quantitative estimate of drug-likeness (QED) is 0.290. The number of Topliss-reactive ketones (excluding diaryl/α,β-unsaturated/α-hetero) is 1. The smallest absolute Gasteiger partial charge is 0.378 e. The van der Waals surface area contributed by atoms with Gasteiger partial charge in [0.15, 0.2) is 5.78 Å². The van der Waals surface area contributed by atoms with Crippen molar-refractivity contribution in [2.45, 2.75) is 39.8 Å². The van der Waals surface area contributed by atoms with Crippen LogP contribution in [0, 0.1) is 6.92 Å². The Morgan fingerprint density at radius 3 is 2.56 bits per heavy atom. The minimum atomic E-state index is -4.41. The summed E-state index contributed by atoms with van der Waals surface area (Å²) in [5, 5.41) is 0. The summed E-state index contributed by atoms with van der Waals surface area (Å²) < 4.78 is 45.5. The van der Waals surface area contributed by atoms with Crippen LogP contribution in [-0.4, -0.2) is 37.1 Å². The third-order valence-corrected chi connectivity index (χ3v) is 5.98. The van der Waals surface area contributed by atoms with Crippen molar-refractivity contribution in [2.24, 2.45) is 0 Å². The molecule has 0 bridgehead atoms. The van der Waals surface area contributed by atoms with Gasteiger partial charge in [0.25, 0.3) is 0 Å². The highest BCUT2D eigenvalue weighted by molar-refractivity contribution is 5.98. The van der Waals surface area contributed by atoms with Gasteiger partial charge in [0, 0.05) is 42.1 Å². The minimum Gasteiger partial charge on any atom is -0.378 e. The van der Waals surface area contributed by atoms with Gasteiger partial charge in [-0.05, 0) is 61.3 Å². The number of alkyl halides is 3. The van der Waals surface area contributed by atoms with Gasteiger partial charge in [0.05, 0.1) is 18.8 Å². The van der Waals surface area contributed by atoms with E-state index in [0.29, 0.717) is 55.1 Å². The Morgan fingerprint density at radius 2 is 1.92 bits per heavy atom. The van der Waals surface area contributed by atoms with Crippen molar-refractivity contribution in [1.82, 2.24) is 4.98 Å². The molecule has 0 unspecified atom stereocenters. The molecule has 7 heteroatoms. The Hall–Kier alpha value is -3.32. The molecule has 3 rings (SSSR count). The molecule has 0 saturated carbocycles. The maximum Gasteiger partial charge on any atom is 0.416 e. The van der Waals surface area contributed by atoms with Crippen LogP contribution in [0.4, 0.5) is 18.9 Å². The number of ketones is 1. The van der Waals surface area contributed by atoms with Crippen LogP contribution in [0.15, 0.2) is 60.7 Å². The molecule has 1 saturated heterocycles. The molecule has 192 valence electrons. The van der Waals surface area contributed by atoms with Crippen molar-refractivity contribution in [3.05, 3.63) is 88.8 Å². The minimum absolute atomic E-state index is 0.106. The number of aryl methyl sites for hydroxylation is 1. The van der Waals surface area contributed by atoms with Crippen LogP contribution in [-0.2, 0) is 10.9 Å². The third kappa shape index (κ3) is 6.88. The molecule has 36 heavy (non-hydrogen) atoms. The van der Waals surface area contributed by atoms with E-state index in [9.17, 15) is 18.0 Å². The molecule has 1 aromatic heterocycles. The molecule has 2 aromatic rings. The molecule has 1 aliphatic rings. The van der Waals surface area contributed by atoms with E-state index >= 15 is 0 Å². The van der Waals surface area contributed by atoms with E-state index in [-0.39, 0.29) is 5.78 Å². The average Bonchev–Trinajstić information content (AvgIpc) is 3.24. The molecule has 1 N–H and O–H groups in total. The number of hydrogen-bond acceptors (Lipinski definition) is 3. The monoisotopic (exact) mass is 498 g/mol. The number of hydrogen-bond donors (Lipinski definition) is 1. The van der Waals surface area contributed by atoms with Gasteiger partial charge in [-0.2, -0.15) is 13.2 Å². The Bertz CT molecular complexity index is 1180. The Kier molecular flexibility index (Phi) is 9.15. The van der Waals surface area contributed by atoms with E-state index in [1.54, 1.807) is 12.2 Å².